The lowest BCUT2D eigenvalue weighted by molar-refractivity contribution is -0.221. The molecule has 0 radical (unpaired) electrons. The van der Waals surface area contributed by atoms with Crippen molar-refractivity contribution in [3.05, 3.63) is 22.2 Å². The highest BCUT2D eigenvalue weighted by atomic mass is 79.9. The minimum Gasteiger partial charge on any atom is -0.495 e. The number of carbonyl (C=O) groups is 2. The van der Waals surface area contributed by atoms with E-state index in [1.54, 1.807) is 26.4 Å². The Labute approximate surface area is 150 Å². The van der Waals surface area contributed by atoms with Gasteiger partial charge in [-0.1, -0.05) is 0 Å². The summed E-state index contributed by atoms with van der Waals surface area (Å²) >= 11 is 3.31. The Morgan fingerprint density at radius 1 is 0.962 bits per heavy atom. The second-order valence-electron chi connectivity index (χ2n) is 3.98. The average Bonchev–Trinajstić information content (AvgIpc) is 2.53. The normalized spacial score (nSPS) is 10.8. The molecule has 6 nitrogen and oxygen atoms in total. The Morgan fingerprint density at radius 2 is 1.31 bits per heavy atom. The summed E-state index contributed by atoms with van der Waals surface area (Å²) in [6, 6.07) is 5.31. The van der Waals surface area contributed by atoms with E-state index < -0.39 is 24.3 Å². The molecule has 0 aliphatic carbocycles. The van der Waals surface area contributed by atoms with Crippen molar-refractivity contribution in [2.75, 3.05) is 14.2 Å². The molecule has 26 heavy (non-hydrogen) atoms. The van der Waals surface area contributed by atoms with Crippen LogP contribution in [-0.2, 0) is 14.3 Å². The van der Waals surface area contributed by atoms with Crippen LogP contribution in [-0.4, -0.2) is 38.5 Å². The summed E-state index contributed by atoms with van der Waals surface area (Å²) in [6.07, 6.45) is -11.2. The predicted molar refractivity (Wildman–Crippen MR) is 75.2 cm³/mol. The maximum absolute atomic E-state index is 11.2. The third kappa shape index (κ3) is 7.18. The molecule has 0 aliphatic heterocycles. The van der Waals surface area contributed by atoms with E-state index >= 15 is 0 Å². The molecule has 0 aliphatic rings. The number of hydrogen-bond acceptors (Lipinski definition) is 6. The Balaban J connectivity index is 0.000000481. The van der Waals surface area contributed by atoms with Crippen molar-refractivity contribution in [2.45, 2.75) is 12.4 Å². The molecule has 0 amide bonds. The molecule has 0 spiro atoms. The Bertz CT molecular complexity index is 661. The van der Waals surface area contributed by atoms with Crippen LogP contribution in [0.15, 0.2) is 16.6 Å². The van der Waals surface area contributed by atoms with Crippen LogP contribution in [0, 0.1) is 11.3 Å². The van der Waals surface area contributed by atoms with E-state index in [9.17, 15) is 35.9 Å². The number of esters is 2. The lowest BCUT2D eigenvalue weighted by Crippen LogP contribution is -2.34. The second kappa shape index (κ2) is 9.27. The fourth-order valence-electron chi connectivity index (χ4n) is 1.13. The molecule has 1 aromatic carbocycles. The van der Waals surface area contributed by atoms with Gasteiger partial charge in [0.25, 0.3) is 0 Å². The van der Waals surface area contributed by atoms with Crippen LogP contribution in [0.1, 0.15) is 5.56 Å². The number of rotatable bonds is 2. The fraction of sp³-hybridized carbons (Fsp3) is 0.308. The molecule has 0 fully saturated rings. The molecule has 0 heterocycles. The molecule has 0 bridgehead atoms. The second-order valence-corrected chi connectivity index (χ2v) is 4.77. The van der Waals surface area contributed by atoms with Gasteiger partial charge in [0.2, 0.25) is 0 Å². The SMILES string of the molecule is COc1cc(C#N)cc(OC)c1Br.O=C(OC(=O)C(F)(F)F)C(F)(F)F. The van der Waals surface area contributed by atoms with Gasteiger partial charge < -0.3 is 14.2 Å². The third-order valence-corrected chi connectivity index (χ3v) is 3.00. The fourth-order valence-corrected chi connectivity index (χ4v) is 1.69. The van der Waals surface area contributed by atoms with Gasteiger partial charge in [0.1, 0.15) is 16.0 Å². The van der Waals surface area contributed by atoms with Gasteiger partial charge >= 0.3 is 24.3 Å². The number of benzene rings is 1. The van der Waals surface area contributed by atoms with Crippen LogP contribution < -0.4 is 9.47 Å². The summed E-state index contributed by atoms with van der Waals surface area (Å²) < 4.78 is 80.5. The van der Waals surface area contributed by atoms with Crippen molar-refractivity contribution < 1.29 is 50.1 Å². The summed E-state index contributed by atoms with van der Waals surface area (Å²) in [5.41, 5.74) is 0.511. The van der Waals surface area contributed by atoms with Crippen molar-refractivity contribution in [2.24, 2.45) is 0 Å². The van der Waals surface area contributed by atoms with Gasteiger partial charge in [-0.3, -0.25) is 0 Å². The molecule has 0 aromatic heterocycles. The average molecular weight is 452 g/mol. The van der Waals surface area contributed by atoms with E-state index in [-0.39, 0.29) is 0 Å². The van der Waals surface area contributed by atoms with Gasteiger partial charge in [-0.05, 0) is 28.1 Å². The van der Waals surface area contributed by atoms with Crippen molar-refractivity contribution in [3.63, 3.8) is 0 Å². The number of nitriles is 1. The molecule has 0 saturated carbocycles. The third-order valence-electron chi connectivity index (χ3n) is 2.22. The van der Waals surface area contributed by atoms with Gasteiger partial charge in [-0.15, -0.1) is 0 Å². The van der Waals surface area contributed by atoms with Crippen LogP contribution in [0.25, 0.3) is 0 Å². The standard InChI is InChI=1S/C9H8BrNO2.C4F6O3/c1-12-7-3-6(5-11)4-8(13-2)9(7)10;5-3(6,7)1(11)13-2(12)4(8,9)10/h3-4H,1-2H3;. The summed E-state index contributed by atoms with van der Waals surface area (Å²) in [6.45, 7) is 0. The maximum atomic E-state index is 11.2. The van der Waals surface area contributed by atoms with Crippen LogP contribution in [0.4, 0.5) is 26.3 Å². The highest BCUT2D eigenvalue weighted by Crippen LogP contribution is 2.35. The lowest BCUT2D eigenvalue weighted by Gasteiger charge is -2.08. The number of hydrogen-bond donors (Lipinski definition) is 0. The first-order valence-electron chi connectivity index (χ1n) is 5.99. The van der Waals surface area contributed by atoms with Gasteiger partial charge in [0.05, 0.1) is 25.9 Å². The number of nitrogens with zero attached hydrogens (tertiary/aromatic N) is 1. The van der Waals surface area contributed by atoms with Gasteiger partial charge in [-0.25, -0.2) is 9.59 Å². The highest BCUT2D eigenvalue weighted by Gasteiger charge is 2.49. The Morgan fingerprint density at radius 3 is 1.54 bits per heavy atom. The van der Waals surface area contributed by atoms with Crippen LogP contribution in [0.3, 0.4) is 0 Å². The number of halogens is 7. The Hall–Kier alpha value is -2.49. The van der Waals surface area contributed by atoms with Crippen LogP contribution in [0.5, 0.6) is 11.5 Å². The number of carbonyl (C=O) groups excluding carboxylic acids is 2. The largest absolute Gasteiger partial charge is 0.495 e. The molecule has 144 valence electrons. The van der Waals surface area contributed by atoms with Crippen molar-refractivity contribution in [1.29, 1.82) is 5.26 Å². The molecule has 0 saturated heterocycles. The van der Waals surface area contributed by atoms with Crippen molar-refractivity contribution in [3.8, 4) is 17.6 Å². The van der Waals surface area contributed by atoms with Crippen LogP contribution in [0.2, 0.25) is 0 Å². The highest BCUT2D eigenvalue weighted by molar-refractivity contribution is 9.10. The zero-order chi connectivity index (χ0) is 20.7. The first kappa shape index (κ1) is 23.5. The van der Waals surface area contributed by atoms with E-state index in [1.165, 1.54) is 0 Å². The number of alkyl halides is 6. The molecule has 0 unspecified atom stereocenters. The minimum absolute atomic E-state index is 0.511. The maximum Gasteiger partial charge on any atom is 0.491 e. The predicted octanol–water partition coefficient (Wildman–Crippen LogP) is 3.52. The van der Waals surface area contributed by atoms with E-state index in [4.69, 9.17) is 14.7 Å². The number of methoxy groups -OCH3 is 2. The topological polar surface area (TPSA) is 85.6 Å². The molecular formula is C13H8BrF6NO5. The van der Waals surface area contributed by atoms with E-state index in [0.717, 1.165) is 4.47 Å². The van der Waals surface area contributed by atoms with Gasteiger partial charge in [-0.2, -0.15) is 31.6 Å². The quantitative estimate of drug-likeness (QED) is 0.388. The monoisotopic (exact) mass is 451 g/mol. The van der Waals surface area contributed by atoms with Crippen LogP contribution >= 0.6 is 15.9 Å². The van der Waals surface area contributed by atoms with Gasteiger partial charge in [0.15, 0.2) is 0 Å². The Kier molecular flexibility index (Phi) is 8.39. The first-order valence-corrected chi connectivity index (χ1v) is 6.79. The summed E-state index contributed by atoms with van der Waals surface area (Å²) in [7, 11) is 3.08. The first-order chi connectivity index (χ1) is 11.8. The zero-order valence-electron chi connectivity index (χ0n) is 12.8. The summed E-state index contributed by atoms with van der Waals surface area (Å²) in [5.74, 6) is -5.21. The van der Waals surface area contributed by atoms with Crippen molar-refractivity contribution >= 4 is 27.9 Å². The molecular weight excluding hydrogens is 444 g/mol. The molecule has 1 rings (SSSR count). The lowest BCUT2D eigenvalue weighted by atomic mass is 10.2. The molecule has 13 heteroatoms. The summed E-state index contributed by atoms with van der Waals surface area (Å²) in [4.78, 5) is 19.3. The van der Waals surface area contributed by atoms with E-state index in [1.807, 2.05) is 6.07 Å². The van der Waals surface area contributed by atoms with Crippen molar-refractivity contribution in [1.82, 2.24) is 0 Å². The van der Waals surface area contributed by atoms with Gasteiger partial charge in [0, 0.05) is 0 Å². The summed E-state index contributed by atoms with van der Waals surface area (Å²) in [5, 5.41) is 8.69. The molecule has 0 atom stereocenters. The van der Waals surface area contributed by atoms with E-state index in [0.29, 0.717) is 17.1 Å². The molecule has 1 aromatic rings. The molecule has 0 N–H and O–H groups in total. The minimum atomic E-state index is -5.62. The number of ether oxygens (including phenoxy) is 3. The smallest absolute Gasteiger partial charge is 0.491 e. The zero-order valence-corrected chi connectivity index (χ0v) is 14.4. The van der Waals surface area contributed by atoms with E-state index in [2.05, 4.69) is 20.7 Å².